The fraction of sp³-hybridized carbons (Fsp3) is 0.575. The largest absolute Gasteiger partial charge is 0.417 e. The number of amides is 4. The van der Waals surface area contributed by atoms with E-state index in [4.69, 9.17) is 17.0 Å². The highest BCUT2D eigenvalue weighted by atomic mass is 32.1. The van der Waals surface area contributed by atoms with Crippen LogP contribution in [0.5, 0.6) is 0 Å². The lowest BCUT2D eigenvalue weighted by atomic mass is 9.89. The summed E-state index contributed by atoms with van der Waals surface area (Å²) in [6.45, 7) is 10.9. The van der Waals surface area contributed by atoms with Gasteiger partial charge in [0.1, 0.15) is 11.4 Å². The molecule has 1 aliphatic carbocycles. The second-order valence-electron chi connectivity index (χ2n) is 16.0. The number of ether oxygens (including phenoxy) is 1. The average Bonchev–Trinajstić information content (AvgIpc) is 3.33. The SMILES string of the molecule is C[C@@H]1CN(CCCO[C@H]2CC[C@H](N3C(=S)N(c4ccc(C#N)c(C(F)(F)F)c4)C(=O)C3(C)C)CC2)C[C@H](C)N1CC(=O)Nc1cc(C2CCC(=O)NC2=O)ccn1. The lowest BCUT2D eigenvalue weighted by Gasteiger charge is -2.44. The van der Waals surface area contributed by atoms with Crippen LogP contribution in [-0.2, 0) is 30.1 Å². The Labute approximate surface area is 335 Å². The fourth-order valence-corrected chi connectivity index (χ4v) is 9.28. The van der Waals surface area contributed by atoms with Gasteiger partial charge in [0.25, 0.3) is 5.91 Å². The Kier molecular flexibility index (Phi) is 12.7. The normalized spacial score (nSPS) is 26.0. The van der Waals surface area contributed by atoms with Gasteiger partial charge in [-0.1, -0.05) is 0 Å². The Bertz CT molecular complexity index is 1920. The number of hydrogen-bond donors (Lipinski definition) is 2. The number of nitriles is 1. The van der Waals surface area contributed by atoms with Crippen LogP contribution in [0.25, 0.3) is 0 Å². The lowest BCUT2D eigenvalue weighted by Crippen LogP contribution is -2.58. The monoisotopic (exact) mass is 810 g/mol. The quantitative estimate of drug-likeness (QED) is 0.180. The number of halogens is 3. The molecule has 3 atom stereocenters. The summed E-state index contributed by atoms with van der Waals surface area (Å²) < 4.78 is 47.5. The molecule has 2 N–H and O–H groups in total. The summed E-state index contributed by atoms with van der Waals surface area (Å²) in [5.74, 6) is -1.32. The van der Waals surface area contributed by atoms with Gasteiger partial charge in [0.2, 0.25) is 17.7 Å². The summed E-state index contributed by atoms with van der Waals surface area (Å²) in [7, 11) is 0. The van der Waals surface area contributed by atoms with Crippen molar-refractivity contribution in [1.82, 2.24) is 25.0 Å². The van der Waals surface area contributed by atoms with Gasteiger partial charge in [0.15, 0.2) is 5.11 Å². The molecular formula is C40H49F3N8O5S. The molecule has 2 aromatic rings. The van der Waals surface area contributed by atoms with E-state index in [2.05, 4.69) is 39.3 Å². The molecule has 4 amide bonds. The first kappa shape index (κ1) is 42.1. The Hall–Kier alpha value is -4.50. The van der Waals surface area contributed by atoms with Crippen LogP contribution in [0, 0.1) is 11.3 Å². The van der Waals surface area contributed by atoms with Crippen molar-refractivity contribution in [2.45, 2.75) is 115 Å². The number of thiocarbonyl (C=S) groups is 1. The fourth-order valence-electron chi connectivity index (χ4n) is 8.71. The first-order valence-electron chi connectivity index (χ1n) is 19.5. The maximum atomic E-state index is 13.7. The van der Waals surface area contributed by atoms with Crippen molar-refractivity contribution in [3.8, 4) is 6.07 Å². The van der Waals surface area contributed by atoms with Crippen LogP contribution >= 0.6 is 12.2 Å². The molecule has 0 spiro atoms. The van der Waals surface area contributed by atoms with Crippen molar-refractivity contribution in [3.05, 3.63) is 53.2 Å². The number of hydrogen-bond acceptors (Lipinski definition) is 10. The number of alkyl halides is 3. The van der Waals surface area contributed by atoms with E-state index in [0.29, 0.717) is 37.3 Å². The Morgan fingerprint density at radius 2 is 1.77 bits per heavy atom. The van der Waals surface area contributed by atoms with Crippen molar-refractivity contribution in [2.24, 2.45) is 0 Å². The number of benzene rings is 1. The van der Waals surface area contributed by atoms with E-state index in [-0.39, 0.29) is 65.7 Å². The molecular weight excluding hydrogens is 762 g/mol. The van der Waals surface area contributed by atoms with E-state index in [0.717, 1.165) is 55.9 Å². The van der Waals surface area contributed by atoms with Gasteiger partial charge >= 0.3 is 6.18 Å². The predicted octanol–water partition coefficient (Wildman–Crippen LogP) is 4.96. The van der Waals surface area contributed by atoms with Crippen LogP contribution in [0.1, 0.15) is 95.2 Å². The molecule has 3 saturated heterocycles. The van der Waals surface area contributed by atoms with Crippen LogP contribution in [0.4, 0.5) is 24.7 Å². The number of carbonyl (C=O) groups is 4. The van der Waals surface area contributed by atoms with Gasteiger partial charge in [-0.15, -0.1) is 0 Å². The van der Waals surface area contributed by atoms with E-state index in [1.54, 1.807) is 38.2 Å². The number of piperazine rings is 1. The van der Waals surface area contributed by atoms with Gasteiger partial charge in [-0.3, -0.25) is 34.3 Å². The number of pyridine rings is 1. The van der Waals surface area contributed by atoms with Crippen molar-refractivity contribution in [2.75, 3.05) is 43.0 Å². The molecule has 3 aliphatic heterocycles. The standard InChI is InChI=1S/C40H49F3N8O5S/c1-24-21-48(22-25(2)49(24)23-35(53)46-33-18-26(14-15-45-33)31-12-13-34(52)47-36(31)54)16-5-17-56-30-10-8-28(9-11-30)51-38(57)50(37(55)39(51,3)4)29-7-6-27(20-44)32(19-29)40(41,42)43/h6-7,14-15,18-19,24-25,28,30-31H,5,8-13,16-17,21-23H2,1-4H3,(H,45,46,53)(H,47,52,54)/t24-,25+,28-,30-,31?. The molecule has 1 aromatic heterocycles. The number of nitrogens with zero attached hydrogens (tertiary/aromatic N) is 6. The third-order valence-corrected chi connectivity index (χ3v) is 12.0. The van der Waals surface area contributed by atoms with Gasteiger partial charge in [-0.25, -0.2) is 4.98 Å². The molecule has 6 rings (SSSR count). The minimum absolute atomic E-state index is 0.0105. The molecule has 13 nitrogen and oxygen atoms in total. The summed E-state index contributed by atoms with van der Waals surface area (Å²) in [6, 6.07) is 8.40. The van der Waals surface area contributed by atoms with Crippen molar-refractivity contribution in [1.29, 1.82) is 5.26 Å². The van der Waals surface area contributed by atoms with E-state index in [9.17, 15) is 37.6 Å². The highest BCUT2D eigenvalue weighted by Gasteiger charge is 2.52. The molecule has 4 fully saturated rings. The molecule has 1 saturated carbocycles. The van der Waals surface area contributed by atoms with Crippen LogP contribution < -0.4 is 15.5 Å². The summed E-state index contributed by atoms with van der Waals surface area (Å²) >= 11 is 5.73. The Balaban J connectivity index is 0.929. The smallest absolute Gasteiger partial charge is 0.378 e. The zero-order chi connectivity index (χ0) is 41.2. The zero-order valence-corrected chi connectivity index (χ0v) is 33.4. The maximum Gasteiger partial charge on any atom is 0.417 e. The van der Waals surface area contributed by atoms with Crippen LogP contribution in [0.3, 0.4) is 0 Å². The maximum absolute atomic E-state index is 13.7. The molecule has 17 heteroatoms. The second kappa shape index (κ2) is 17.2. The molecule has 306 valence electrons. The van der Waals surface area contributed by atoms with Crippen molar-refractivity contribution < 1.29 is 37.1 Å². The third-order valence-electron chi connectivity index (χ3n) is 11.6. The minimum Gasteiger partial charge on any atom is -0.378 e. The van der Waals surface area contributed by atoms with Gasteiger partial charge < -0.3 is 19.9 Å². The third kappa shape index (κ3) is 9.30. The lowest BCUT2D eigenvalue weighted by molar-refractivity contribution is -0.138. The summed E-state index contributed by atoms with van der Waals surface area (Å²) in [5.41, 5.74) is -1.99. The van der Waals surface area contributed by atoms with E-state index in [1.165, 1.54) is 6.07 Å². The summed E-state index contributed by atoms with van der Waals surface area (Å²) in [4.78, 5) is 62.4. The highest BCUT2D eigenvalue weighted by Crippen LogP contribution is 2.41. The van der Waals surface area contributed by atoms with E-state index in [1.807, 2.05) is 4.90 Å². The molecule has 1 unspecified atom stereocenters. The number of aromatic nitrogens is 1. The molecule has 0 radical (unpaired) electrons. The number of anilines is 2. The molecule has 4 aliphatic rings. The summed E-state index contributed by atoms with van der Waals surface area (Å²) in [6.07, 6.45) is 1.30. The molecule has 4 heterocycles. The number of imide groups is 1. The number of piperidine rings is 1. The first-order valence-corrected chi connectivity index (χ1v) is 19.9. The van der Waals surface area contributed by atoms with Gasteiger partial charge in [-0.2, -0.15) is 18.4 Å². The highest BCUT2D eigenvalue weighted by molar-refractivity contribution is 7.80. The van der Waals surface area contributed by atoms with E-state index < -0.39 is 34.7 Å². The van der Waals surface area contributed by atoms with Crippen molar-refractivity contribution >= 4 is 52.5 Å². The number of rotatable bonds is 11. The van der Waals surface area contributed by atoms with Gasteiger partial charge in [0, 0.05) is 57.0 Å². The average molecular weight is 811 g/mol. The molecule has 1 aromatic carbocycles. The molecule has 57 heavy (non-hydrogen) atoms. The Morgan fingerprint density at radius 3 is 2.42 bits per heavy atom. The van der Waals surface area contributed by atoms with Gasteiger partial charge in [0.05, 0.1) is 41.5 Å². The molecule has 0 bridgehead atoms. The van der Waals surface area contributed by atoms with Crippen LogP contribution in [0.2, 0.25) is 0 Å². The summed E-state index contributed by atoms with van der Waals surface area (Å²) in [5, 5.41) is 14.6. The van der Waals surface area contributed by atoms with Crippen molar-refractivity contribution in [3.63, 3.8) is 0 Å². The second-order valence-corrected chi connectivity index (χ2v) is 16.4. The first-order chi connectivity index (χ1) is 27.0. The van der Waals surface area contributed by atoms with Crippen LogP contribution in [0.15, 0.2) is 36.5 Å². The van der Waals surface area contributed by atoms with Crippen LogP contribution in [-0.4, -0.2) is 111 Å². The predicted molar refractivity (Wildman–Crippen MR) is 209 cm³/mol. The minimum atomic E-state index is -4.76. The number of carbonyl (C=O) groups excluding carboxylic acids is 4. The van der Waals surface area contributed by atoms with E-state index >= 15 is 0 Å². The Morgan fingerprint density at radius 1 is 1.07 bits per heavy atom. The van der Waals surface area contributed by atoms with Gasteiger partial charge in [-0.05, 0) is 114 Å². The number of nitrogens with one attached hydrogen (secondary N) is 2. The topological polar surface area (TPSA) is 151 Å². The zero-order valence-electron chi connectivity index (χ0n) is 32.6.